The lowest BCUT2D eigenvalue weighted by Crippen LogP contribution is -2.10. The van der Waals surface area contributed by atoms with Gasteiger partial charge in [0.15, 0.2) is 0 Å². The fraction of sp³-hybridized carbons (Fsp3) is 0.583. The van der Waals surface area contributed by atoms with E-state index in [9.17, 15) is 13.2 Å². The summed E-state index contributed by atoms with van der Waals surface area (Å²) >= 11 is 0. The van der Waals surface area contributed by atoms with Crippen LogP contribution in [0, 0.1) is 0 Å². The molecule has 0 unspecified atom stereocenters. The molecular formula is C12H17F3N2O2. The molecule has 1 heterocycles. The molecule has 0 aliphatic rings. The molecular weight excluding hydrogens is 261 g/mol. The van der Waals surface area contributed by atoms with Crippen LogP contribution in [0.1, 0.15) is 18.9 Å². The van der Waals surface area contributed by atoms with Gasteiger partial charge < -0.3 is 14.8 Å². The quantitative estimate of drug-likeness (QED) is 0.779. The molecule has 0 aliphatic carbocycles. The van der Waals surface area contributed by atoms with E-state index >= 15 is 0 Å². The van der Waals surface area contributed by atoms with E-state index in [1.54, 1.807) is 14.0 Å². The van der Waals surface area contributed by atoms with Crippen molar-refractivity contribution < 1.29 is 22.6 Å². The first-order valence-corrected chi connectivity index (χ1v) is 5.92. The molecule has 0 spiro atoms. The zero-order valence-corrected chi connectivity index (χ0v) is 10.9. The number of pyridine rings is 1. The van der Waals surface area contributed by atoms with Crippen molar-refractivity contribution >= 4 is 5.82 Å². The van der Waals surface area contributed by atoms with Gasteiger partial charge in [-0.2, -0.15) is 18.2 Å². The minimum Gasteiger partial charge on any atom is -0.478 e. The highest BCUT2D eigenvalue weighted by atomic mass is 19.4. The van der Waals surface area contributed by atoms with Gasteiger partial charge in [0.25, 0.3) is 0 Å². The van der Waals surface area contributed by atoms with Gasteiger partial charge in [-0.15, -0.1) is 0 Å². The highest BCUT2D eigenvalue weighted by Crippen LogP contribution is 2.32. The molecule has 0 fully saturated rings. The van der Waals surface area contributed by atoms with E-state index in [1.807, 2.05) is 0 Å². The molecule has 0 saturated heterocycles. The van der Waals surface area contributed by atoms with Crippen molar-refractivity contribution in [2.45, 2.75) is 19.5 Å². The third kappa shape index (κ3) is 5.34. The average Bonchev–Trinajstić information content (AvgIpc) is 2.34. The molecule has 0 amide bonds. The molecule has 4 nitrogen and oxygen atoms in total. The lowest BCUT2D eigenvalue weighted by atomic mass is 10.2. The first kappa shape index (κ1) is 15.6. The van der Waals surface area contributed by atoms with Gasteiger partial charge in [0.05, 0.1) is 12.2 Å². The molecule has 108 valence electrons. The van der Waals surface area contributed by atoms with Crippen LogP contribution in [-0.4, -0.2) is 31.9 Å². The van der Waals surface area contributed by atoms with Crippen LogP contribution in [0.4, 0.5) is 19.0 Å². The second-order valence-electron chi connectivity index (χ2n) is 3.80. The summed E-state index contributed by atoms with van der Waals surface area (Å²) in [6, 6.07) is 1.86. The predicted octanol–water partition coefficient (Wildman–Crippen LogP) is 2.95. The first-order chi connectivity index (χ1) is 8.97. The van der Waals surface area contributed by atoms with Crippen molar-refractivity contribution in [3.63, 3.8) is 0 Å². The molecule has 0 aromatic carbocycles. The lowest BCUT2D eigenvalue weighted by Gasteiger charge is -2.12. The van der Waals surface area contributed by atoms with Crippen LogP contribution in [0.5, 0.6) is 5.88 Å². The van der Waals surface area contributed by atoms with E-state index in [2.05, 4.69) is 10.3 Å². The van der Waals surface area contributed by atoms with Gasteiger partial charge in [-0.3, -0.25) is 0 Å². The molecule has 1 aromatic rings. The van der Waals surface area contributed by atoms with Crippen LogP contribution >= 0.6 is 0 Å². The zero-order valence-electron chi connectivity index (χ0n) is 10.9. The van der Waals surface area contributed by atoms with E-state index < -0.39 is 11.7 Å². The number of rotatable bonds is 7. The van der Waals surface area contributed by atoms with Gasteiger partial charge in [0.1, 0.15) is 5.82 Å². The van der Waals surface area contributed by atoms with Gasteiger partial charge in [0, 0.05) is 32.7 Å². The minimum atomic E-state index is -4.42. The zero-order chi connectivity index (χ0) is 14.3. The van der Waals surface area contributed by atoms with Crippen LogP contribution < -0.4 is 10.1 Å². The summed E-state index contributed by atoms with van der Waals surface area (Å²) in [5.41, 5.74) is -0.778. The second kappa shape index (κ2) is 7.18. The predicted molar refractivity (Wildman–Crippen MR) is 65.4 cm³/mol. The van der Waals surface area contributed by atoms with Crippen molar-refractivity contribution in [1.82, 2.24) is 4.98 Å². The Morgan fingerprint density at radius 3 is 2.58 bits per heavy atom. The van der Waals surface area contributed by atoms with Crippen LogP contribution in [0.25, 0.3) is 0 Å². The number of hydrogen-bond acceptors (Lipinski definition) is 4. The summed E-state index contributed by atoms with van der Waals surface area (Å²) in [5, 5.41) is 2.75. The fourth-order valence-electron chi connectivity index (χ4n) is 1.39. The Morgan fingerprint density at radius 2 is 2.00 bits per heavy atom. The van der Waals surface area contributed by atoms with Gasteiger partial charge in [0.2, 0.25) is 5.88 Å². The highest BCUT2D eigenvalue weighted by Gasteiger charge is 2.31. The van der Waals surface area contributed by atoms with E-state index in [-0.39, 0.29) is 18.3 Å². The number of alkyl halides is 3. The Balaban J connectivity index is 2.81. The maximum Gasteiger partial charge on any atom is 0.416 e. The Morgan fingerprint density at radius 1 is 1.26 bits per heavy atom. The summed E-state index contributed by atoms with van der Waals surface area (Å²) < 4.78 is 48.1. The molecule has 1 N–H and O–H groups in total. The van der Waals surface area contributed by atoms with Crippen LogP contribution in [0.3, 0.4) is 0 Å². The third-order valence-electron chi connectivity index (χ3n) is 2.23. The Hall–Kier alpha value is -1.50. The summed E-state index contributed by atoms with van der Waals surface area (Å²) in [7, 11) is 1.55. The van der Waals surface area contributed by atoms with Crippen molar-refractivity contribution in [2.24, 2.45) is 0 Å². The Bertz CT molecular complexity index is 397. The van der Waals surface area contributed by atoms with Gasteiger partial charge in [-0.05, 0) is 13.0 Å². The maximum atomic E-state index is 12.7. The topological polar surface area (TPSA) is 43.4 Å². The Labute approximate surface area is 109 Å². The molecule has 19 heavy (non-hydrogen) atoms. The summed E-state index contributed by atoms with van der Waals surface area (Å²) in [6.45, 7) is 3.01. The van der Waals surface area contributed by atoms with Crippen LogP contribution in [-0.2, 0) is 10.9 Å². The molecule has 0 bridgehead atoms. The number of hydrogen-bond donors (Lipinski definition) is 1. The van der Waals surface area contributed by atoms with Gasteiger partial charge in [-0.25, -0.2) is 0 Å². The number of nitrogens with zero attached hydrogens (tertiary/aromatic N) is 1. The largest absolute Gasteiger partial charge is 0.478 e. The Kier molecular flexibility index (Phi) is 5.88. The fourth-order valence-corrected chi connectivity index (χ4v) is 1.39. The van der Waals surface area contributed by atoms with E-state index in [0.29, 0.717) is 19.6 Å². The molecule has 1 rings (SSSR count). The van der Waals surface area contributed by atoms with Crippen molar-refractivity contribution in [3.05, 3.63) is 17.7 Å². The smallest absolute Gasteiger partial charge is 0.416 e. The summed E-state index contributed by atoms with van der Waals surface area (Å²) in [6.07, 6.45) is -3.83. The molecule has 0 aliphatic heterocycles. The van der Waals surface area contributed by atoms with Crippen LogP contribution in [0.2, 0.25) is 0 Å². The molecule has 0 atom stereocenters. The molecule has 0 radical (unpaired) electrons. The van der Waals surface area contributed by atoms with Gasteiger partial charge in [-0.1, -0.05) is 0 Å². The van der Waals surface area contributed by atoms with Crippen molar-refractivity contribution in [1.29, 1.82) is 0 Å². The summed E-state index contributed by atoms with van der Waals surface area (Å²) in [4.78, 5) is 3.96. The number of methoxy groups -OCH3 is 1. The first-order valence-electron chi connectivity index (χ1n) is 5.92. The van der Waals surface area contributed by atoms with Crippen molar-refractivity contribution in [2.75, 3.05) is 32.2 Å². The van der Waals surface area contributed by atoms with Crippen LogP contribution in [0.15, 0.2) is 12.1 Å². The third-order valence-corrected chi connectivity index (χ3v) is 2.23. The number of anilines is 1. The maximum absolute atomic E-state index is 12.7. The monoisotopic (exact) mass is 278 g/mol. The van der Waals surface area contributed by atoms with Crippen molar-refractivity contribution in [3.8, 4) is 5.88 Å². The molecule has 0 saturated carbocycles. The van der Waals surface area contributed by atoms with E-state index in [0.717, 1.165) is 12.1 Å². The number of nitrogens with one attached hydrogen (secondary N) is 1. The van der Waals surface area contributed by atoms with E-state index in [4.69, 9.17) is 9.47 Å². The van der Waals surface area contributed by atoms with Gasteiger partial charge >= 0.3 is 6.18 Å². The number of ether oxygens (including phenoxy) is 2. The van der Waals surface area contributed by atoms with E-state index in [1.165, 1.54) is 0 Å². The standard InChI is InChI=1S/C12H17F3N2O2/c1-3-16-10-7-9(12(13,14)15)8-11(17-10)19-6-4-5-18-2/h7-8H,3-6H2,1-2H3,(H,16,17). The number of halogens is 3. The summed E-state index contributed by atoms with van der Waals surface area (Å²) in [5.74, 6) is 0.112. The average molecular weight is 278 g/mol. The lowest BCUT2D eigenvalue weighted by molar-refractivity contribution is -0.137. The normalized spacial score (nSPS) is 11.4. The SMILES string of the molecule is CCNc1cc(C(F)(F)F)cc(OCCCOC)n1. The second-order valence-corrected chi connectivity index (χ2v) is 3.80. The number of aromatic nitrogens is 1. The molecule has 1 aromatic heterocycles. The molecule has 7 heteroatoms. The minimum absolute atomic E-state index is 0.0399. The highest BCUT2D eigenvalue weighted by molar-refractivity contribution is 5.42.